The summed E-state index contributed by atoms with van der Waals surface area (Å²) in [5.74, 6) is -2.93. The Morgan fingerprint density at radius 3 is 2.09 bits per heavy atom. The van der Waals surface area contributed by atoms with E-state index in [2.05, 4.69) is 11.9 Å². The molecule has 0 amide bonds. The van der Waals surface area contributed by atoms with Crippen LogP contribution in [0.25, 0.3) is 0 Å². The van der Waals surface area contributed by atoms with Crippen LogP contribution in [0.2, 0.25) is 0 Å². The molecule has 11 heteroatoms. The fourth-order valence-corrected chi connectivity index (χ4v) is 4.06. The quantitative estimate of drug-likeness (QED) is 0.367. The van der Waals surface area contributed by atoms with Crippen LogP contribution in [-0.4, -0.2) is 120 Å². The first-order chi connectivity index (χ1) is 16.6. The zero-order valence-corrected chi connectivity index (χ0v) is 20.2. The van der Waals surface area contributed by atoms with Gasteiger partial charge in [0.15, 0.2) is 0 Å². The highest BCUT2D eigenvalue weighted by atomic mass is 16.5. The molecule has 0 aliphatic carbocycles. The number of hydrogen-bond acceptors (Lipinski definition) is 8. The molecule has 0 spiro atoms. The second-order valence-corrected chi connectivity index (χ2v) is 8.74. The van der Waals surface area contributed by atoms with E-state index in [1.807, 2.05) is 36.1 Å². The molecule has 0 aromatic heterocycles. The van der Waals surface area contributed by atoms with Gasteiger partial charge in [-0.3, -0.25) is 29.1 Å². The van der Waals surface area contributed by atoms with E-state index >= 15 is 0 Å². The van der Waals surface area contributed by atoms with E-state index in [0.29, 0.717) is 45.8 Å². The first kappa shape index (κ1) is 28.2. The molecule has 4 N–H and O–H groups in total. The molecule has 0 saturated carbocycles. The summed E-state index contributed by atoms with van der Waals surface area (Å²) < 4.78 is 5.68. The van der Waals surface area contributed by atoms with Gasteiger partial charge >= 0.3 is 17.9 Å². The van der Waals surface area contributed by atoms with Gasteiger partial charge in [0.05, 0.1) is 32.8 Å². The monoisotopic (exact) mass is 492 g/mol. The van der Waals surface area contributed by atoms with Crippen LogP contribution in [0.3, 0.4) is 0 Å². The van der Waals surface area contributed by atoms with E-state index in [-0.39, 0.29) is 32.3 Å². The van der Waals surface area contributed by atoms with Crippen molar-refractivity contribution in [2.75, 3.05) is 70.9 Å². The Hall–Kier alpha value is -2.99. The summed E-state index contributed by atoms with van der Waals surface area (Å²) in [4.78, 5) is 39.7. The van der Waals surface area contributed by atoms with Gasteiger partial charge < -0.3 is 25.4 Å². The van der Waals surface area contributed by atoms with Crippen LogP contribution in [0, 0.1) is 0 Å². The molecule has 35 heavy (non-hydrogen) atoms. The average molecular weight is 493 g/mol. The zero-order valence-electron chi connectivity index (χ0n) is 20.2. The second-order valence-electron chi connectivity index (χ2n) is 8.74. The molecule has 2 rings (SSSR count). The number of carboxylic acid groups (broad SMARTS) is 3. The predicted octanol–water partition coefficient (Wildman–Crippen LogP) is 0.733. The number of anilines is 1. The number of nitrogens with one attached hydrogen (secondary N) is 1. The fourth-order valence-electron chi connectivity index (χ4n) is 4.06. The molecule has 1 heterocycles. The van der Waals surface area contributed by atoms with Gasteiger partial charge in [-0.2, -0.15) is 0 Å². The molecular weight excluding hydrogens is 456 g/mol. The number of carbonyl (C=O) groups is 3. The number of ether oxygens (including phenoxy) is 1. The van der Waals surface area contributed by atoms with E-state index < -0.39 is 17.9 Å². The van der Waals surface area contributed by atoms with Crippen LogP contribution in [0.15, 0.2) is 36.5 Å². The van der Waals surface area contributed by atoms with Crippen molar-refractivity contribution in [2.45, 2.75) is 19.4 Å². The Morgan fingerprint density at radius 2 is 1.49 bits per heavy atom. The van der Waals surface area contributed by atoms with E-state index in [0.717, 1.165) is 16.9 Å². The normalized spacial score (nSPS) is 19.3. The van der Waals surface area contributed by atoms with Gasteiger partial charge in [-0.15, -0.1) is 0 Å². The lowest BCUT2D eigenvalue weighted by atomic mass is 10.0. The summed E-state index contributed by atoms with van der Waals surface area (Å²) in [6, 6.07) is 7.45. The Kier molecular flexibility index (Phi) is 11.6. The molecule has 0 bridgehead atoms. The summed E-state index contributed by atoms with van der Waals surface area (Å²) in [7, 11) is 0. The van der Waals surface area contributed by atoms with Crippen molar-refractivity contribution in [1.82, 2.24) is 14.7 Å². The third kappa shape index (κ3) is 11.3. The van der Waals surface area contributed by atoms with E-state index in [1.54, 1.807) is 9.80 Å². The number of nitrogens with zero attached hydrogens (tertiary/aromatic N) is 3. The minimum absolute atomic E-state index is 0.163. The molecule has 1 aliphatic rings. The van der Waals surface area contributed by atoms with E-state index in [9.17, 15) is 29.7 Å². The largest absolute Gasteiger partial charge is 0.480 e. The maximum atomic E-state index is 11.6. The molecule has 1 fully saturated rings. The van der Waals surface area contributed by atoms with Crippen LogP contribution in [0.5, 0.6) is 0 Å². The molecular formula is C24H36N4O7. The Labute approximate surface area is 205 Å². The lowest BCUT2D eigenvalue weighted by molar-refractivity contribution is -0.141. The van der Waals surface area contributed by atoms with Gasteiger partial charge in [0.2, 0.25) is 0 Å². The highest BCUT2D eigenvalue weighted by Crippen LogP contribution is 2.16. The highest BCUT2D eigenvalue weighted by Gasteiger charge is 2.26. The predicted molar refractivity (Wildman–Crippen MR) is 131 cm³/mol. The second kappa shape index (κ2) is 14.4. The van der Waals surface area contributed by atoms with Crippen LogP contribution in [0.1, 0.15) is 12.5 Å². The molecule has 1 atom stereocenters. The maximum absolute atomic E-state index is 11.6. The van der Waals surface area contributed by atoms with Gasteiger partial charge in [0, 0.05) is 50.2 Å². The lowest BCUT2D eigenvalue weighted by Gasteiger charge is -2.36. The number of hydrogen-bond donors (Lipinski definition) is 4. The fraction of sp³-hybridized carbons (Fsp3) is 0.542. The number of allylic oxidation sites excluding steroid dienone is 1. The first-order valence-electron chi connectivity index (χ1n) is 11.6. The van der Waals surface area contributed by atoms with Crippen molar-refractivity contribution in [3.05, 3.63) is 42.1 Å². The Bertz CT molecular complexity index is 862. The van der Waals surface area contributed by atoms with E-state index in [4.69, 9.17) is 4.74 Å². The van der Waals surface area contributed by atoms with Crippen molar-refractivity contribution < 1.29 is 34.4 Å². The molecule has 1 aromatic carbocycles. The first-order valence-corrected chi connectivity index (χ1v) is 11.6. The SMILES string of the molecule is C=C(C)Nc1ccc(C[C@H]2CN(CC(=O)O)CCN(CC(=O)O)CCOCCN2CC(=O)O)cc1. The Balaban J connectivity index is 2.27. The van der Waals surface area contributed by atoms with Crippen molar-refractivity contribution in [3.8, 4) is 0 Å². The van der Waals surface area contributed by atoms with Crippen LogP contribution >= 0.6 is 0 Å². The summed E-state index contributed by atoms with van der Waals surface area (Å²) in [6.45, 7) is 7.43. The van der Waals surface area contributed by atoms with Gasteiger partial charge in [0.1, 0.15) is 0 Å². The molecule has 1 aliphatic heterocycles. The number of benzene rings is 1. The van der Waals surface area contributed by atoms with Crippen molar-refractivity contribution >= 4 is 23.6 Å². The maximum Gasteiger partial charge on any atom is 0.317 e. The number of rotatable bonds is 10. The minimum Gasteiger partial charge on any atom is -0.480 e. The van der Waals surface area contributed by atoms with Crippen LogP contribution in [-0.2, 0) is 25.5 Å². The summed E-state index contributed by atoms with van der Waals surface area (Å²) in [6.07, 6.45) is 0.510. The summed E-state index contributed by atoms with van der Waals surface area (Å²) in [5, 5.41) is 31.3. The number of aliphatic carboxylic acids is 3. The molecule has 0 radical (unpaired) electrons. The molecule has 0 unspecified atom stereocenters. The van der Waals surface area contributed by atoms with Crippen LogP contribution in [0.4, 0.5) is 5.69 Å². The smallest absolute Gasteiger partial charge is 0.317 e. The van der Waals surface area contributed by atoms with E-state index in [1.165, 1.54) is 0 Å². The molecule has 1 aromatic rings. The van der Waals surface area contributed by atoms with Crippen molar-refractivity contribution in [3.63, 3.8) is 0 Å². The summed E-state index contributed by atoms with van der Waals surface area (Å²) in [5.41, 5.74) is 2.68. The average Bonchev–Trinajstić information content (AvgIpc) is 2.74. The third-order valence-corrected chi connectivity index (χ3v) is 5.63. The van der Waals surface area contributed by atoms with Gasteiger partial charge in [0.25, 0.3) is 0 Å². The van der Waals surface area contributed by atoms with Gasteiger partial charge in [-0.05, 0) is 31.0 Å². The van der Waals surface area contributed by atoms with Gasteiger partial charge in [-0.25, -0.2) is 0 Å². The van der Waals surface area contributed by atoms with Crippen molar-refractivity contribution in [2.24, 2.45) is 0 Å². The highest BCUT2D eigenvalue weighted by molar-refractivity contribution is 5.70. The third-order valence-electron chi connectivity index (χ3n) is 5.63. The van der Waals surface area contributed by atoms with Gasteiger partial charge in [-0.1, -0.05) is 18.7 Å². The minimum atomic E-state index is -0.996. The Morgan fingerprint density at radius 1 is 0.914 bits per heavy atom. The molecule has 194 valence electrons. The lowest BCUT2D eigenvalue weighted by Crippen LogP contribution is -2.51. The molecule has 1 saturated heterocycles. The van der Waals surface area contributed by atoms with Crippen LogP contribution < -0.4 is 5.32 Å². The topological polar surface area (TPSA) is 143 Å². The van der Waals surface area contributed by atoms with Crippen molar-refractivity contribution in [1.29, 1.82) is 0 Å². The molecule has 11 nitrogen and oxygen atoms in total. The zero-order chi connectivity index (χ0) is 25.8. The number of carboxylic acids is 3. The summed E-state index contributed by atoms with van der Waals surface area (Å²) >= 11 is 0. The standard InChI is InChI=1S/C24H36N4O7/c1-18(2)25-20-5-3-19(4-6-20)13-21-14-27(16-23(31)32)8-7-26(15-22(29)30)9-11-35-12-10-28(21)17-24(33)34/h3-6,21,25H,1,7-17H2,2H3,(H,29,30)(H,31,32)(H,33,34)/t21-/m0/s1.